The van der Waals surface area contributed by atoms with E-state index in [9.17, 15) is 10.1 Å². The van der Waals surface area contributed by atoms with Gasteiger partial charge in [-0.05, 0) is 53.5 Å². The lowest BCUT2D eigenvalue weighted by molar-refractivity contribution is -0.112. The lowest BCUT2D eigenvalue weighted by Crippen LogP contribution is -2.13. The standard InChI is InChI=1S/C23H15BrCl2N2O/c24-20-4-2-1-3-17(20)11-15-5-7-16(8-6-15)12-18(14-27)23(29)28-19-9-10-21(25)22(26)13-19/h1-10,12-13H,11H2,(H,28,29)/b18-12+. The van der Waals surface area contributed by atoms with E-state index < -0.39 is 5.91 Å². The molecule has 0 atom stereocenters. The minimum atomic E-state index is -0.511. The number of rotatable bonds is 5. The van der Waals surface area contributed by atoms with Gasteiger partial charge in [0, 0.05) is 10.2 Å². The molecule has 0 heterocycles. The molecule has 0 spiro atoms. The second kappa shape index (κ2) is 9.76. The van der Waals surface area contributed by atoms with Crippen LogP contribution in [0.15, 0.2) is 76.8 Å². The minimum Gasteiger partial charge on any atom is -0.321 e. The molecule has 1 N–H and O–H groups in total. The van der Waals surface area contributed by atoms with Gasteiger partial charge in [0.25, 0.3) is 5.91 Å². The highest BCUT2D eigenvalue weighted by Gasteiger charge is 2.11. The first-order valence-corrected chi connectivity index (χ1v) is 10.2. The first kappa shape index (κ1) is 21.1. The zero-order chi connectivity index (χ0) is 20.8. The second-order valence-corrected chi connectivity index (χ2v) is 7.93. The first-order valence-electron chi connectivity index (χ1n) is 8.67. The van der Waals surface area contributed by atoms with Crippen LogP contribution in [0.3, 0.4) is 0 Å². The third kappa shape index (κ3) is 5.71. The van der Waals surface area contributed by atoms with Crippen molar-refractivity contribution in [2.24, 2.45) is 0 Å². The van der Waals surface area contributed by atoms with Crippen LogP contribution in [0.4, 0.5) is 5.69 Å². The van der Waals surface area contributed by atoms with Crippen molar-refractivity contribution in [3.05, 3.63) is 104 Å². The molecular weight excluding hydrogens is 471 g/mol. The summed E-state index contributed by atoms with van der Waals surface area (Å²) in [7, 11) is 0. The first-order chi connectivity index (χ1) is 14.0. The van der Waals surface area contributed by atoms with Gasteiger partial charge in [0.05, 0.1) is 10.0 Å². The van der Waals surface area contributed by atoms with E-state index in [1.165, 1.54) is 11.6 Å². The van der Waals surface area contributed by atoms with E-state index in [0.717, 1.165) is 22.0 Å². The molecule has 144 valence electrons. The van der Waals surface area contributed by atoms with Crippen LogP contribution in [0.5, 0.6) is 0 Å². The highest BCUT2D eigenvalue weighted by Crippen LogP contribution is 2.25. The molecule has 0 saturated carbocycles. The van der Waals surface area contributed by atoms with Crippen molar-refractivity contribution in [1.82, 2.24) is 0 Å². The molecule has 3 aromatic carbocycles. The molecule has 0 saturated heterocycles. The molecule has 0 unspecified atom stereocenters. The van der Waals surface area contributed by atoms with E-state index >= 15 is 0 Å². The van der Waals surface area contributed by atoms with Crippen LogP contribution in [-0.4, -0.2) is 5.91 Å². The zero-order valence-corrected chi connectivity index (χ0v) is 18.2. The Balaban J connectivity index is 1.73. The maximum atomic E-state index is 12.4. The van der Waals surface area contributed by atoms with E-state index in [1.54, 1.807) is 18.2 Å². The quantitative estimate of drug-likeness (QED) is 0.316. The van der Waals surface area contributed by atoms with E-state index in [-0.39, 0.29) is 5.57 Å². The molecule has 0 bridgehead atoms. The Morgan fingerprint density at radius 3 is 2.41 bits per heavy atom. The van der Waals surface area contributed by atoms with Crippen molar-refractivity contribution >= 4 is 56.8 Å². The number of nitrogens with one attached hydrogen (secondary N) is 1. The number of carbonyl (C=O) groups excluding carboxylic acids is 1. The third-order valence-electron chi connectivity index (χ3n) is 4.19. The molecule has 3 nitrogen and oxygen atoms in total. The topological polar surface area (TPSA) is 52.9 Å². The van der Waals surface area contributed by atoms with Crippen molar-refractivity contribution < 1.29 is 4.79 Å². The Bertz CT molecular complexity index is 1120. The normalized spacial score (nSPS) is 11.0. The van der Waals surface area contributed by atoms with Crippen molar-refractivity contribution in [2.45, 2.75) is 6.42 Å². The van der Waals surface area contributed by atoms with Crippen molar-refractivity contribution in [3.63, 3.8) is 0 Å². The largest absolute Gasteiger partial charge is 0.321 e. The molecule has 1 amide bonds. The summed E-state index contributed by atoms with van der Waals surface area (Å²) in [5.41, 5.74) is 3.55. The lowest BCUT2D eigenvalue weighted by atomic mass is 10.0. The SMILES string of the molecule is N#C/C(=C\c1ccc(Cc2ccccc2Br)cc1)C(=O)Nc1ccc(Cl)c(Cl)c1. The van der Waals surface area contributed by atoms with E-state index in [1.807, 2.05) is 48.5 Å². The van der Waals surface area contributed by atoms with E-state index in [4.69, 9.17) is 23.2 Å². The molecule has 0 radical (unpaired) electrons. The summed E-state index contributed by atoms with van der Waals surface area (Å²) in [5.74, 6) is -0.511. The molecule has 3 aromatic rings. The fraction of sp³-hybridized carbons (Fsp3) is 0.0435. The summed E-state index contributed by atoms with van der Waals surface area (Å²) in [5, 5.41) is 12.8. The van der Waals surface area contributed by atoms with Gasteiger partial charge in [0.2, 0.25) is 0 Å². The Hall–Kier alpha value is -2.58. The molecule has 6 heteroatoms. The zero-order valence-electron chi connectivity index (χ0n) is 15.1. The van der Waals surface area contributed by atoms with Crippen molar-refractivity contribution in [2.75, 3.05) is 5.32 Å². The van der Waals surface area contributed by atoms with Gasteiger partial charge in [-0.3, -0.25) is 4.79 Å². The summed E-state index contributed by atoms with van der Waals surface area (Å²) >= 11 is 15.4. The second-order valence-electron chi connectivity index (χ2n) is 6.26. The highest BCUT2D eigenvalue weighted by atomic mass is 79.9. The van der Waals surface area contributed by atoms with Crippen LogP contribution < -0.4 is 5.32 Å². The lowest BCUT2D eigenvalue weighted by Gasteiger charge is -2.07. The maximum Gasteiger partial charge on any atom is 0.266 e. The number of benzene rings is 3. The van der Waals surface area contributed by atoms with Crippen molar-refractivity contribution in [1.29, 1.82) is 5.26 Å². The minimum absolute atomic E-state index is 0.00498. The average molecular weight is 486 g/mol. The molecule has 29 heavy (non-hydrogen) atoms. The van der Waals surface area contributed by atoms with Crippen molar-refractivity contribution in [3.8, 4) is 6.07 Å². The Kier molecular flexibility index (Phi) is 7.11. The number of hydrogen-bond acceptors (Lipinski definition) is 2. The number of nitrogens with zero attached hydrogens (tertiary/aromatic N) is 1. The molecule has 0 aliphatic carbocycles. The highest BCUT2D eigenvalue weighted by molar-refractivity contribution is 9.10. The van der Waals surface area contributed by atoms with E-state index in [2.05, 4.69) is 27.3 Å². The number of carbonyl (C=O) groups is 1. The van der Waals surface area contributed by atoms with E-state index in [0.29, 0.717) is 15.7 Å². The summed E-state index contributed by atoms with van der Waals surface area (Å²) in [6.45, 7) is 0. The number of hydrogen-bond donors (Lipinski definition) is 1. The summed E-state index contributed by atoms with van der Waals surface area (Å²) in [6.07, 6.45) is 2.34. The molecule has 0 fully saturated rings. The monoisotopic (exact) mass is 484 g/mol. The van der Waals surface area contributed by atoms with Gasteiger partial charge < -0.3 is 5.32 Å². The molecule has 0 aliphatic heterocycles. The van der Waals surface area contributed by atoms with Crippen LogP contribution in [0.25, 0.3) is 6.08 Å². The van der Waals surface area contributed by atoms with Crippen LogP contribution in [0.1, 0.15) is 16.7 Å². The Labute approximate surface area is 187 Å². The van der Waals surface area contributed by atoms with Gasteiger partial charge in [0.15, 0.2) is 0 Å². The average Bonchev–Trinajstić information content (AvgIpc) is 2.71. The van der Waals surface area contributed by atoms with Gasteiger partial charge in [-0.15, -0.1) is 0 Å². The predicted molar refractivity (Wildman–Crippen MR) is 122 cm³/mol. The molecule has 0 aliphatic rings. The third-order valence-corrected chi connectivity index (χ3v) is 5.70. The molecular formula is C23H15BrCl2N2O. The fourth-order valence-corrected chi connectivity index (χ4v) is 3.40. The van der Waals surface area contributed by atoms with Gasteiger partial charge in [-0.1, -0.05) is 81.6 Å². The van der Waals surface area contributed by atoms with Crippen LogP contribution in [0, 0.1) is 11.3 Å². The molecule has 3 rings (SSSR count). The maximum absolute atomic E-state index is 12.4. The Morgan fingerprint density at radius 1 is 1.03 bits per heavy atom. The number of amides is 1. The molecule has 0 aromatic heterocycles. The number of nitriles is 1. The van der Waals surface area contributed by atoms with Gasteiger partial charge in [-0.2, -0.15) is 5.26 Å². The van der Waals surface area contributed by atoms with Gasteiger partial charge >= 0.3 is 0 Å². The van der Waals surface area contributed by atoms with Crippen LogP contribution >= 0.6 is 39.1 Å². The summed E-state index contributed by atoms with van der Waals surface area (Å²) in [6, 6.07) is 22.5. The number of anilines is 1. The van der Waals surface area contributed by atoms with Crippen LogP contribution in [-0.2, 0) is 11.2 Å². The number of halogens is 3. The Morgan fingerprint density at radius 2 is 1.76 bits per heavy atom. The van der Waals surface area contributed by atoms with Crippen LogP contribution in [0.2, 0.25) is 10.0 Å². The predicted octanol–water partition coefficient (Wildman–Crippen LogP) is 6.89. The summed E-state index contributed by atoms with van der Waals surface area (Å²) < 4.78 is 1.06. The smallest absolute Gasteiger partial charge is 0.266 e. The summed E-state index contributed by atoms with van der Waals surface area (Å²) in [4.78, 5) is 12.4. The fourth-order valence-electron chi connectivity index (χ4n) is 2.68. The van der Waals surface area contributed by atoms with Gasteiger partial charge in [-0.25, -0.2) is 0 Å². The van der Waals surface area contributed by atoms with Gasteiger partial charge in [0.1, 0.15) is 11.6 Å².